The number of hydrogen-bond donors (Lipinski definition) is 2. The third-order valence-corrected chi connectivity index (χ3v) is 5.71. The lowest BCUT2D eigenvalue weighted by Crippen LogP contribution is -2.65. The molecule has 5 heteroatoms. The van der Waals surface area contributed by atoms with Crippen LogP contribution in [0.1, 0.15) is 53.9 Å². The average Bonchev–Trinajstić information content (AvgIpc) is 2.32. The summed E-state index contributed by atoms with van der Waals surface area (Å²) in [6.45, 7) is 8.77. The minimum absolute atomic E-state index is 0.0439. The molecule has 5 nitrogen and oxygen atoms in total. The Morgan fingerprint density at radius 1 is 1.36 bits per heavy atom. The molecule has 2 aliphatic rings. The number of aliphatic hydroxyl groups excluding tert-OH is 1. The van der Waals surface area contributed by atoms with Crippen molar-refractivity contribution < 1.29 is 24.5 Å². The molecule has 0 aromatic carbocycles. The smallest absolute Gasteiger partial charge is 0.302 e. The third kappa shape index (κ3) is 2.69. The van der Waals surface area contributed by atoms with Gasteiger partial charge in [-0.25, -0.2) is 0 Å². The fourth-order valence-electron chi connectivity index (χ4n) is 4.80. The minimum Gasteiger partial charge on any atom is -0.462 e. The van der Waals surface area contributed by atoms with E-state index in [1.54, 1.807) is 13.8 Å². The van der Waals surface area contributed by atoms with Crippen LogP contribution in [0.25, 0.3) is 0 Å². The van der Waals surface area contributed by atoms with Crippen LogP contribution in [-0.2, 0) is 14.3 Å². The summed E-state index contributed by atoms with van der Waals surface area (Å²) in [5.74, 6) is -1.08. The molecule has 2 aliphatic carbocycles. The second-order valence-electron chi connectivity index (χ2n) is 7.84. The SMILES string of the molecule is CC(=O)O[C@@H]1[C@H](C(C)C)[C@@H](O)C[C@@]2(C)C(=O)CC[C@](C)(O)[C@H]12. The highest BCUT2D eigenvalue weighted by molar-refractivity contribution is 5.86. The highest BCUT2D eigenvalue weighted by atomic mass is 16.5. The van der Waals surface area contributed by atoms with Crippen LogP contribution in [0.4, 0.5) is 0 Å². The van der Waals surface area contributed by atoms with Gasteiger partial charge >= 0.3 is 5.97 Å². The van der Waals surface area contributed by atoms with Crippen molar-refractivity contribution in [3.8, 4) is 0 Å². The van der Waals surface area contributed by atoms with Crippen molar-refractivity contribution in [3.05, 3.63) is 0 Å². The zero-order valence-electron chi connectivity index (χ0n) is 14.1. The molecule has 2 rings (SSSR count). The zero-order chi connectivity index (χ0) is 16.9. The van der Waals surface area contributed by atoms with Crippen LogP contribution in [-0.4, -0.2) is 39.8 Å². The molecule has 6 atom stereocenters. The predicted molar refractivity (Wildman–Crippen MR) is 81.0 cm³/mol. The van der Waals surface area contributed by atoms with E-state index in [9.17, 15) is 19.8 Å². The highest BCUT2D eigenvalue weighted by Gasteiger charge is 2.63. The molecule has 2 fully saturated rings. The van der Waals surface area contributed by atoms with E-state index in [0.717, 1.165) is 0 Å². The number of Topliss-reactive ketones (excluding diaryl/α,β-unsaturated/α-hetero) is 1. The molecule has 2 saturated carbocycles. The fraction of sp³-hybridized carbons (Fsp3) is 0.882. The second kappa shape index (κ2) is 5.60. The van der Waals surface area contributed by atoms with Crippen molar-refractivity contribution in [2.75, 3.05) is 0 Å². The van der Waals surface area contributed by atoms with E-state index in [4.69, 9.17) is 4.74 Å². The molecule has 22 heavy (non-hydrogen) atoms. The number of fused-ring (bicyclic) bond motifs is 1. The Labute approximate surface area is 132 Å². The molecule has 126 valence electrons. The fourth-order valence-corrected chi connectivity index (χ4v) is 4.80. The van der Waals surface area contributed by atoms with Crippen LogP contribution in [0.2, 0.25) is 0 Å². The number of carbonyl (C=O) groups is 2. The van der Waals surface area contributed by atoms with Gasteiger partial charge in [-0.1, -0.05) is 20.8 Å². The summed E-state index contributed by atoms with van der Waals surface area (Å²) in [6, 6.07) is 0. The first-order valence-electron chi connectivity index (χ1n) is 8.11. The lowest BCUT2D eigenvalue weighted by Gasteiger charge is -2.57. The Hall–Kier alpha value is -0.940. The van der Waals surface area contributed by atoms with Gasteiger partial charge in [0.05, 0.1) is 11.7 Å². The van der Waals surface area contributed by atoms with Gasteiger partial charge in [0.15, 0.2) is 0 Å². The number of ether oxygens (including phenoxy) is 1. The molecular weight excluding hydrogens is 284 g/mol. The molecule has 2 N–H and O–H groups in total. The summed E-state index contributed by atoms with van der Waals surface area (Å²) in [7, 11) is 0. The molecule has 0 aliphatic heterocycles. The number of rotatable bonds is 2. The summed E-state index contributed by atoms with van der Waals surface area (Å²) < 4.78 is 5.54. The van der Waals surface area contributed by atoms with Crippen LogP contribution in [0.5, 0.6) is 0 Å². The first kappa shape index (κ1) is 17.4. The molecule has 0 spiro atoms. The summed E-state index contributed by atoms with van der Waals surface area (Å²) in [6.07, 6.45) is -0.391. The lowest BCUT2D eigenvalue weighted by molar-refractivity contribution is -0.220. The van der Waals surface area contributed by atoms with Crippen LogP contribution in [0, 0.1) is 23.2 Å². The maximum atomic E-state index is 12.5. The van der Waals surface area contributed by atoms with Gasteiger partial charge in [-0.05, 0) is 25.7 Å². The Kier molecular flexibility index (Phi) is 4.44. The third-order valence-electron chi connectivity index (χ3n) is 5.71. The van der Waals surface area contributed by atoms with E-state index in [0.29, 0.717) is 19.3 Å². The average molecular weight is 312 g/mol. The Balaban J connectivity index is 2.53. The number of carbonyl (C=O) groups excluding carboxylic acids is 2. The van der Waals surface area contributed by atoms with Gasteiger partial charge in [0, 0.05) is 30.6 Å². The summed E-state index contributed by atoms with van der Waals surface area (Å²) in [4.78, 5) is 24.1. The van der Waals surface area contributed by atoms with Gasteiger partial charge in [0.1, 0.15) is 11.9 Å². The van der Waals surface area contributed by atoms with Crippen LogP contribution in [0.3, 0.4) is 0 Å². The minimum atomic E-state index is -1.09. The van der Waals surface area contributed by atoms with Crippen molar-refractivity contribution in [2.45, 2.75) is 71.7 Å². The molecule has 0 amide bonds. The van der Waals surface area contributed by atoms with E-state index < -0.39 is 35.1 Å². The maximum Gasteiger partial charge on any atom is 0.302 e. The van der Waals surface area contributed by atoms with Crippen molar-refractivity contribution in [1.82, 2.24) is 0 Å². The molecule has 0 saturated heterocycles. The number of aliphatic hydroxyl groups is 2. The highest BCUT2D eigenvalue weighted by Crippen LogP contribution is 2.55. The van der Waals surface area contributed by atoms with E-state index in [-0.39, 0.29) is 17.6 Å². The van der Waals surface area contributed by atoms with Gasteiger partial charge in [-0.3, -0.25) is 9.59 Å². The van der Waals surface area contributed by atoms with Gasteiger partial charge in [-0.15, -0.1) is 0 Å². The molecule has 0 heterocycles. The second-order valence-corrected chi connectivity index (χ2v) is 7.84. The first-order valence-corrected chi connectivity index (χ1v) is 8.11. The van der Waals surface area contributed by atoms with E-state index in [1.807, 2.05) is 13.8 Å². The lowest BCUT2D eigenvalue weighted by atomic mass is 9.50. The van der Waals surface area contributed by atoms with E-state index >= 15 is 0 Å². The first-order chi connectivity index (χ1) is 10.0. The van der Waals surface area contributed by atoms with Crippen LogP contribution in [0.15, 0.2) is 0 Å². The number of esters is 1. The van der Waals surface area contributed by atoms with Gasteiger partial charge in [0.25, 0.3) is 0 Å². The largest absolute Gasteiger partial charge is 0.462 e. The molecule has 0 bridgehead atoms. The van der Waals surface area contributed by atoms with Crippen molar-refractivity contribution in [2.24, 2.45) is 23.2 Å². The van der Waals surface area contributed by atoms with Gasteiger partial charge in [-0.2, -0.15) is 0 Å². The van der Waals surface area contributed by atoms with Crippen molar-refractivity contribution in [3.63, 3.8) is 0 Å². The molecular formula is C17H28O5. The topological polar surface area (TPSA) is 83.8 Å². The standard InChI is InChI=1S/C17H28O5/c1-9(2)13-11(19)8-16(4)12(20)6-7-17(5,21)15(16)14(13)22-10(3)18/h9,11,13-15,19,21H,6-8H2,1-5H3/t11-,13+,14+,15+,16-,17-/m0/s1. The Morgan fingerprint density at radius 3 is 2.45 bits per heavy atom. The summed E-state index contributed by atoms with van der Waals surface area (Å²) in [5.41, 5.74) is -1.94. The Morgan fingerprint density at radius 2 is 1.95 bits per heavy atom. The predicted octanol–water partition coefficient (Wildman–Crippen LogP) is 1.69. The van der Waals surface area contributed by atoms with Gasteiger partial charge < -0.3 is 14.9 Å². The zero-order valence-corrected chi connectivity index (χ0v) is 14.1. The maximum absolute atomic E-state index is 12.5. The molecule has 0 aromatic rings. The van der Waals surface area contributed by atoms with Crippen LogP contribution < -0.4 is 0 Å². The summed E-state index contributed by atoms with van der Waals surface area (Å²) >= 11 is 0. The van der Waals surface area contributed by atoms with Crippen molar-refractivity contribution >= 4 is 11.8 Å². The Bertz CT molecular complexity index is 470. The molecule has 0 aromatic heterocycles. The van der Waals surface area contributed by atoms with Crippen molar-refractivity contribution in [1.29, 1.82) is 0 Å². The molecule has 0 radical (unpaired) electrons. The van der Waals surface area contributed by atoms with E-state index in [2.05, 4.69) is 0 Å². The monoisotopic (exact) mass is 312 g/mol. The number of hydrogen-bond acceptors (Lipinski definition) is 5. The van der Waals surface area contributed by atoms with Gasteiger partial charge in [0.2, 0.25) is 0 Å². The quantitative estimate of drug-likeness (QED) is 0.758. The number of ketones is 1. The molecule has 0 unspecified atom stereocenters. The van der Waals surface area contributed by atoms with E-state index in [1.165, 1.54) is 6.92 Å². The van der Waals surface area contributed by atoms with Crippen LogP contribution >= 0.6 is 0 Å². The summed E-state index contributed by atoms with van der Waals surface area (Å²) in [5, 5.41) is 21.5. The normalized spacial score (nSPS) is 45.5.